The lowest BCUT2D eigenvalue weighted by Crippen LogP contribution is -2.44. The van der Waals surface area contributed by atoms with E-state index in [1.165, 1.54) is 25.7 Å². The third-order valence-electron chi connectivity index (χ3n) is 4.69. The van der Waals surface area contributed by atoms with E-state index in [4.69, 9.17) is 0 Å². The average molecular weight is 277 g/mol. The van der Waals surface area contributed by atoms with Gasteiger partial charge in [-0.15, -0.1) is 0 Å². The predicted octanol–water partition coefficient (Wildman–Crippen LogP) is 0.666. The molecule has 2 atom stereocenters. The highest BCUT2D eigenvalue weighted by molar-refractivity contribution is 5.75. The molecule has 2 N–H and O–H groups in total. The molecule has 6 heteroatoms. The van der Waals surface area contributed by atoms with Gasteiger partial charge in [-0.1, -0.05) is 0 Å². The Labute approximate surface area is 119 Å². The lowest BCUT2D eigenvalue weighted by atomic mass is 9.98. The van der Waals surface area contributed by atoms with Crippen LogP contribution in [0.4, 0.5) is 5.69 Å². The van der Waals surface area contributed by atoms with Gasteiger partial charge in [0.15, 0.2) is 0 Å². The number of fused-ring (bicyclic) bond motifs is 2. The summed E-state index contributed by atoms with van der Waals surface area (Å²) < 4.78 is 1.67. The first-order valence-corrected chi connectivity index (χ1v) is 7.37. The molecule has 2 unspecified atom stereocenters. The van der Waals surface area contributed by atoms with E-state index in [2.05, 4.69) is 27.7 Å². The van der Waals surface area contributed by atoms with Gasteiger partial charge in [-0.05, 0) is 32.7 Å². The summed E-state index contributed by atoms with van der Waals surface area (Å²) in [6, 6.07) is 1.99. The van der Waals surface area contributed by atoms with Crippen molar-refractivity contribution in [3.8, 4) is 0 Å². The SMILES string of the molecule is CNC(=O)Cn1cc(NC2CC3CCC(C2)N3C)cn1. The van der Waals surface area contributed by atoms with Crippen LogP contribution in [0.3, 0.4) is 0 Å². The molecule has 1 aromatic rings. The summed E-state index contributed by atoms with van der Waals surface area (Å²) in [6.07, 6.45) is 8.78. The molecule has 2 bridgehead atoms. The molecule has 3 heterocycles. The van der Waals surface area contributed by atoms with Crippen molar-refractivity contribution in [2.45, 2.75) is 50.4 Å². The first kappa shape index (κ1) is 13.4. The molecule has 1 amide bonds. The Morgan fingerprint density at radius 2 is 2.10 bits per heavy atom. The van der Waals surface area contributed by atoms with E-state index in [-0.39, 0.29) is 12.5 Å². The van der Waals surface area contributed by atoms with E-state index in [0.29, 0.717) is 6.04 Å². The van der Waals surface area contributed by atoms with Gasteiger partial charge in [0.2, 0.25) is 5.91 Å². The van der Waals surface area contributed by atoms with Crippen LogP contribution in [0.25, 0.3) is 0 Å². The minimum atomic E-state index is -0.0306. The fourth-order valence-electron chi connectivity index (χ4n) is 3.52. The quantitative estimate of drug-likeness (QED) is 0.849. The predicted molar refractivity (Wildman–Crippen MR) is 77.5 cm³/mol. The number of piperidine rings is 1. The first-order chi connectivity index (χ1) is 9.65. The van der Waals surface area contributed by atoms with Crippen LogP contribution in [0.5, 0.6) is 0 Å². The highest BCUT2D eigenvalue weighted by atomic mass is 16.1. The van der Waals surface area contributed by atoms with Crippen LogP contribution in [0.15, 0.2) is 12.4 Å². The third kappa shape index (κ3) is 2.65. The highest BCUT2D eigenvalue weighted by Crippen LogP contribution is 2.35. The Morgan fingerprint density at radius 3 is 2.75 bits per heavy atom. The van der Waals surface area contributed by atoms with Gasteiger partial charge in [0.05, 0.1) is 11.9 Å². The van der Waals surface area contributed by atoms with Crippen LogP contribution in [-0.4, -0.2) is 52.8 Å². The molecule has 110 valence electrons. The summed E-state index contributed by atoms with van der Waals surface area (Å²) in [5, 5.41) is 10.4. The molecule has 6 nitrogen and oxygen atoms in total. The maximum Gasteiger partial charge on any atom is 0.241 e. The molecule has 2 aliphatic heterocycles. The largest absolute Gasteiger partial charge is 0.380 e. The van der Waals surface area contributed by atoms with Crippen molar-refractivity contribution in [1.82, 2.24) is 20.0 Å². The summed E-state index contributed by atoms with van der Waals surface area (Å²) in [6.45, 7) is 0.275. The van der Waals surface area contributed by atoms with E-state index in [0.717, 1.165) is 17.8 Å². The number of nitrogens with zero attached hydrogens (tertiary/aromatic N) is 3. The van der Waals surface area contributed by atoms with Crippen LogP contribution in [-0.2, 0) is 11.3 Å². The van der Waals surface area contributed by atoms with E-state index in [1.54, 1.807) is 11.7 Å². The average Bonchev–Trinajstić information content (AvgIpc) is 2.92. The Hall–Kier alpha value is -1.56. The Morgan fingerprint density at radius 1 is 1.40 bits per heavy atom. The molecular weight excluding hydrogens is 254 g/mol. The van der Waals surface area contributed by atoms with Crippen molar-refractivity contribution in [3.63, 3.8) is 0 Å². The molecule has 2 saturated heterocycles. The lowest BCUT2D eigenvalue weighted by molar-refractivity contribution is -0.121. The molecule has 2 aliphatic rings. The molecule has 0 spiro atoms. The number of carbonyl (C=O) groups is 1. The van der Waals surface area contributed by atoms with Crippen LogP contribution < -0.4 is 10.6 Å². The molecule has 0 aromatic carbocycles. The smallest absolute Gasteiger partial charge is 0.241 e. The normalized spacial score (nSPS) is 29.4. The molecule has 0 radical (unpaired) electrons. The zero-order valence-electron chi connectivity index (χ0n) is 12.2. The topological polar surface area (TPSA) is 62.2 Å². The molecule has 1 aromatic heterocycles. The zero-order valence-corrected chi connectivity index (χ0v) is 12.2. The van der Waals surface area contributed by atoms with Crippen molar-refractivity contribution in [1.29, 1.82) is 0 Å². The number of anilines is 1. The molecule has 2 fully saturated rings. The van der Waals surface area contributed by atoms with Crippen LogP contribution >= 0.6 is 0 Å². The second kappa shape index (κ2) is 5.44. The number of aromatic nitrogens is 2. The van der Waals surface area contributed by atoms with Gasteiger partial charge in [0.25, 0.3) is 0 Å². The second-order valence-corrected chi connectivity index (χ2v) is 5.96. The van der Waals surface area contributed by atoms with Crippen molar-refractivity contribution in [3.05, 3.63) is 12.4 Å². The van der Waals surface area contributed by atoms with Gasteiger partial charge < -0.3 is 15.5 Å². The second-order valence-electron chi connectivity index (χ2n) is 5.96. The van der Waals surface area contributed by atoms with Gasteiger partial charge in [0.1, 0.15) is 6.54 Å². The van der Waals surface area contributed by atoms with E-state index in [1.807, 2.05) is 12.4 Å². The summed E-state index contributed by atoms with van der Waals surface area (Å²) in [7, 11) is 3.89. The molecule has 0 aliphatic carbocycles. The van der Waals surface area contributed by atoms with Gasteiger partial charge in [-0.25, -0.2) is 0 Å². The molecule has 20 heavy (non-hydrogen) atoms. The van der Waals surface area contributed by atoms with Crippen molar-refractivity contribution >= 4 is 11.6 Å². The monoisotopic (exact) mass is 277 g/mol. The Bertz CT molecular complexity index is 472. The van der Waals surface area contributed by atoms with Crippen molar-refractivity contribution in [2.24, 2.45) is 0 Å². The number of nitrogens with one attached hydrogen (secondary N) is 2. The maximum atomic E-state index is 11.3. The highest BCUT2D eigenvalue weighted by Gasteiger charge is 2.38. The molecular formula is C14H23N5O. The fraction of sp³-hybridized carbons (Fsp3) is 0.714. The van der Waals surface area contributed by atoms with Gasteiger partial charge in [0, 0.05) is 31.4 Å². The number of likely N-dealkylation sites (N-methyl/N-ethyl adjacent to an activating group) is 1. The number of carbonyl (C=O) groups excluding carboxylic acids is 1. The van der Waals surface area contributed by atoms with Crippen LogP contribution in [0, 0.1) is 0 Å². The minimum absolute atomic E-state index is 0.0306. The molecule has 0 saturated carbocycles. The van der Waals surface area contributed by atoms with E-state index < -0.39 is 0 Å². The van der Waals surface area contributed by atoms with Gasteiger partial charge >= 0.3 is 0 Å². The zero-order chi connectivity index (χ0) is 14.1. The number of rotatable bonds is 4. The summed E-state index contributed by atoms with van der Waals surface area (Å²) in [5.41, 5.74) is 1.02. The number of hydrogen-bond donors (Lipinski definition) is 2. The fourth-order valence-corrected chi connectivity index (χ4v) is 3.52. The third-order valence-corrected chi connectivity index (χ3v) is 4.69. The standard InChI is InChI=1S/C14H23N5O/c1-15-14(20)9-19-8-11(7-16-19)17-10-5-12-3-4-13(6-10)18(12)2/h7-8,10,12-13,17H,3-6,9H2,1-2H3,(H,15,20). The lowest BCUT2D eigenvalue weighted by Gasteiger charge is -2.36. The van der Waals surface area contributed by atoms with Gasteiger partial charge in [-0.2, -0.15) is 5.10 Å². The van der Waals surface area contributed by atoms with Crippen molar-refractivity contribution < 1.29 is 4.79 Å². The first-order valence-electron chi connectivity index (χ1n) is 7.37. The minimum Gasteiger partial charge on any atom is -0.380 e. The summed E-state index contributed by atoms with van der Waals surface area (Å²) >= 11 is 0. The van der Waals surface area contributed by atoms with E-state index in [9.17, 15) is 4.79 Å². The number of amides is 1. The van der Waals surface area contributed by atoms with E-state index >= 15 is 0 Å². The Balaban J connectivity index is 1.57. The Kier molecular flexibility index (Phi) is 3.65. The van der Waals surface area contributed by atoms with Crippen LogP contribution in [0.2, 0.25) is 0 Å². The summed E-state index contributed by atoms with van der Waals surface area (Å²) in [5.74, 6) is -0.0306. The summed E-state index contributed by atoms with van der Waals surface area (Å²) in [4.78, 5) is 13.8. The maximum absolute atomic E-state index is 11.3. The van der Waals surface area contributed by atoms with Crippen LogP contribution in [0.1, 0.15) is 25.7 Å². The van der Waals surface area contributed by atoms with Gasteiger partial charge in [-0.3, -0.25) is 9.48 Å². The van der Waals surface area contributed by atoms with Crippen molar-refractivity contribution in [2.75, 3.05) is 19.4 Å². The molecule has 3 rings (SSSR count). The number of hydrogen-bond acceptors (Lipinski definition) is 4.